The number of aliphatic hydroxyl groups is 4. The van der Waals surface area contributed by atoms with Gasteiger partial charge in [-0.05, 0) is 5.53 Å². The van der Waals surface area contributed by atoms with E-state index in [2.05, 4.69) is 14.8 Å². The Balaban J connectivity index is 2.82. The molecular formula is C6H11N3O5. The molecule has 1 fully saturated rings. The Morgan fingerprint density at radius 2 is 1.93 bits per heavy atom. The van der Waals surface area contributed by atoms with Gasteiger partial charge in [0.25, 0.3) is 0 Å². The molecule has 0 aliphatic carbocycles. The first-order valence-corrected chi connectivity index (χ1v) is 3.96. The maximum atomic E-state index is 9.43. The van der Waals surface area contributed by atoms with Crippen LogP contribution < -0.4 is 0 Å². The molecule has 0 radical (unpaired) electrons. The number of hydrogen-bond donors (Lipinski definition) is 4. The summed E-state index contributed by atoms with van der Waals surface area (Å²) >= 11 is 0. The quantitative estimate of drug-likeness (QED) is 0.237. The molecule has 8 nitrogen and oxygen atoms in total. The second-order valence-electron chi connectivity index (χ2n) is 2.92. The first-order chi connectivity index (χ1) is 6.61. The predicted molar refractivity (Wildman–Crippen MR) is 42.9 cm³/mol. The van der Waals surface area contributed by atoms with Crippen molar-refractivity contribution in [3.63, 3.8) is 0 Å². The molecule has 1 rings (SSSR count). The summed E-state index contributed by atoms with van der Waals surface area (Å²) in [5.41, 5.74) is 8.15. The molecule has 0 bridgehead atoms. The summed E-state index contributed by atoms with van der Waals surface area (Å²) in [5, 5.41) is 39.7. The van der Waals surface area contributed by atoms with Crippen LogP contribution in [0.2, 0.25) is 0 Å². The summed E-state index contributed by atoms with van der Waals surface area (Å²) in [6.07, 6.45) is -5.48. The largest absolute Gasteiger partial charge is 0.394 e. The minimum absolute atomic E-state index is 0.539. The molecule has 0 saturated carbocycles. The first kappa shape index (κ1) is 11.2. The monoisotopic (exact) mass is 205 g/mol. The standard InChI is InChI=1S/C6H11N3O5/c7-9-8-3-4(11)2(1-10)14-6(13)5(3)12/h2-6,10-13H,1H2/t2-,3-,4-,5-,6+/m1/s1. The zero-order valence-electron chi connectivity index (χ0n) is 7.13. The fraction of sp³-hybridized carbons (Fsp3) is 1.00. The van der Waals surface area contributed by atoms with Crippen molar-refractivity contribution in [1.29, 1.82) is 0 Å². The van der Waals surface area contributed by atoms with E-state index in [0.29, 0.717) is 0 Å². The van der Waals surface area contributed by atoms with Crippen molar-refractivity contribution in [2.45, 2.75) is 30.6 Å². The number of ether oxygens (including phenoxy) is 1. The lowest BCUT2D eigenvalue weighted by Gasteiger charge is -2.37. The zero-order valence-corrected chi connectivity index (χ0v) is 7.13. The van der Waals surface area contributed by atoms with Gasteiger partial charge in [0.1, 0.15) is 12.2 Å². The summed E-state index contributed by atoms with van der Waals surface area (Å²) in [6.45, 7) is -0.539. The fourth-order valence-electron chi connectivity index (χ4n) is 1.28. The lowest BCUT2D eigenvalue weighted by atomic mass is 9.97. The fourth-order valence-corrected chi connectivity index (χ4v) is 1.28. The van der Waals surface area contributed by atoms with Gasteiger partial charge in [-0.1, -0.05) is 5.11 Å². The molecule has 0 unspecified atom stereocenters. The molecule has 0 amide bonds. The van der Waals surface area contributed by atoms with Crippen LogP contribution in [0, 0.1) is 0 Å². The van der Waals surface area contributed by atoms with E-state index in [1.807, 2.05) is 0 Å². The van der Waals surface area contributed by atoms with Gasteiger partial charge in [-0.25, -0.2) is 0 Å². The summed E-state index contributed by atoms with van der Waals surface area (Å²) in [7, 11) is 0. The van der Waals surface area contributed by atoms with E-state index in [1.165, 1.54) is 0 Å². The lowest BCUT2D eigenvalue weighted by Crippen LogP contribution is -2.57. The maximum absolute atomic E-state index is 9.43. The van der Waals surface area contributed by atoms with E-state index < -0.39 is 37.3 Å². The minimum atomic E-state index is -1.58. The molecule has 1 aliphatic heterocycles. The van der Waals surface area contributed by atoms with Gasteiger partial charge >= 0.3 is 0 Å². The molecular weight excluding hydrogens is 194 g/mol. The van der Waals surface area contributed by atoms with Crippen LogP contribution in [0.25, 0.3) is 10.4 Å². The van der Waals surface area contributed by atoms with Crippen molar-refractivity contribution < 1.29 is 25.2 Å². The third-order valence-corrected chi connectivity index (χ3v) is 2.05. The Kier molecular flexibility index (Phi) is 3.64. The van der Waals surface area contributed by atoms with Crippen molar-refractivity contribution in [2.75, 3.05) is 6.61 Å². The molecule has 4 N–H and O–H groups in total. The summed E-state index contributed by atoms with van der Waals surface area (Å²) in [4.78, 5) is 2.42. The number of nitrogens with zero attached hydrogens (tertiary/aromatic N) is 3. The van der Waals surface area contributed by atoms with E-state index in [4.69, 9.17) is 15.7 Å². The summed E-state index contributed by atoms with van der Waals surface area (Å²) < 4.78 is 4.66. The Morgan fingerprint density at radius 3 is 2.43 bits per heavy atom. The van der Waals surface area contributed by atoms with E-state index >= 15 is 0 Å². The minimum Gasteiger partial charge on any atom is -0.394 e. The number of hydrogen-bond acceptors (Lipinski definition) is 6. The van der Waals surface area contributed by atoms with Crippen molar-refractivity contribution in [3.05, 3.63) is 10.4 Å². The van der Waals surface area contributed by atoms with Gasteiger partial charge < -0.3 is 25.2 Å². The van der Waals surface area contributed by atoms with Gasteiger partial charge in [0, 0.05) is 4.91 Å². The molecule has 0 aromatic carbocycles. The average molecular weight is 205 g/mol. The number of aliphatic hydroxyl groups excluding tert-OH is 4. The summed E-state index contributed by atoms with van der Waals surface area (Å²) in [6, 6.07) is -1.22. The van der Waals surface area contributed by atoms with E-state index in [-0.39, 0.29) is 0 Å². The van der Waals surface area contributed by atoms with Crippen LogP contribution in [-0.2, 0) is 4.74 Å². The average Bonchev–Trinajstić information content (AvgIpc) is 2.18. The van der Waals surface area contributed by atoms with Gasteiger partial charge in [0.05, 0.1) is 18.8 Å². The molecule has 0 aromatic heterocycles. The first-order valence-electron chi connectivity index (χ1n) is 3.96. The van der Waals surface area contributed by atoms with Gasteiger partial charge in [-0.2, -0.15) is 0 Å². The second-order valence-corrected chi connectivity index (χ2v) is 2.92. The van der Waals surface area contributed by atoms with E-state index in [0.717, 1.165) is 0 Å². The SMILES string of the molecule is [N-]=[N+]=N[C@H]1[C@@H](O)[C@@H](O)O[C@H](CO)[C@H]1O. The molecule has 14 heavy (non-hydrogen) atoms. The molecule has 1 heterocycles. The lowest BCUT2D eigenvalue weighted by molar-refractivity contribution is -0.258. The second kappa shape index (κ2) is 4.56. The number of azide groups is 1. The van der Waals surface area contributed by atoms with Crippen LogP contribution in [0.3, 0.4) is 0 Å². The van der Waals surface area contributed by atoms with Crippen LogP contribution in [-0.4, -0.2) is 57.7 Å². The predicted octanol–water partition coefficient (Wildman–Crippen LogP) is -1.90. The molecule has 80 valence electrons. The highest BCUT2D eigenvalue weighted by Crippen LogP contribution is 2.22. The van der Waals surface area contributed by atoms with Crippen molar-refractivity contribution >= 4 is 0 Å². The molecule has 0 spiro atoms. The molecule has 1 saturated heterocycles. The maximum Gasteiger partial charge on any atom is 0.181 e. The van der Waals surface area contributed by atoms with Crippen molar-refractivity contribution in [3.8, 4) is 0 Å². The van der Waals surface area contributed by atoms with Crippen LogP contribution in [0.5, 0.6) is 0 Å². The Bertz CT molecular complexity index is 244. The highest BCUT2D eigenvalue weighted by molar-refractivity contribution is 4.93. The van der Waals surface area contributed by atoms with Gasteiger partial charge in [-0.3, -0.25) is 0 Å². The van der Waals surface area contributed by atoms with Crippen LogP contribution in [0.15, 0.2) is 5.11 Å². The van der Waals surface area contributed by atoms with Crippen LogP contribution in [0.4, 0.5) is 0 Å². The summed E-state index contributed by atoms with van der Waals surface area (Å²) in [5.74, 6) is 0. The zero-order chi connectivity index (χ0) is 10.7. The third-order valence-electron chi connectivity index (χ3n) is 2.05. The third kappa shape index (κ3) is 1.95. The van der Waals surface area contributed by atoms with E-state index in [1.54, 1.807) is 0 Å². The number of rotatable bonds is 2. The van der Waals surface area contributed by atoms with Gasteiger partial charge in [-0.15, -0.1) is 0 Å². The van der Waals surface area contributed by atoms with Crippen LogP contribution in [0.1, 0.15) is 0 Å². The van der Waals surface area contributed by atoms with Crippen molar-refractivity contribution in [1.82, 2.24) is 0 Å². The Labute approximate surface area is 79.0 Å². The Hall–Kier alpha value is -0.890. The normalized spacial score (nSPS) is 43.0. The molecule has 5 atom stereocenters. The molecule has 0 aromatic rings. The molecule has 8 heteroatoms. The Morgan fingerprint density at radius 1 is 1.29 bits per heavy atom. The van der Waals surface area contributed by atoms with Crippen LogP contribution >= 0.6 is 0 Å². The smallest absolute Gasteiger partial charge is 0.181 e. The highest BCUT2D eigenvalue weighted by atomic mass is 16.6. The van der Waals surface area contributed by atoms with Gasteiger partial charge in [0.2, 0.25) is 0 Å². The highest BCUT2D eigenvalue weighted by Gasteiger charge is 2.43. The van der Waals surface area contributed by atoms with Gasteiger partial charge in [0.15, 0.2) is 6.29 Å². The van der Waals surface area contributed by atoms with E-state index in [9.17, 15) is 10.2 Å². The van der Waals surface area contributed by atoms with Crippen molar-refractivity contribution in [2.24, 2.45) is 5.11 Å². The topological polar surface area (TPSA) is 139 Å². The molecule has 1 aliphatic rings.